The summed E-state index contributed by atoms with van der Waals surface area (Å²) >= 11 is 5.70. The average molecular weight is 315 g/mol. The van der Waals surface area contributed by atoms with Crippen LogP contribution < -0.4 is 14.8 Å². The SMILES string of the molecule is COc1cc(CNC(=O)C(C)Cl)ccc1OCCN(C)C. The Kier molecular flexibility index (Phi) is 7.32. The Hall–Kier alpha value is -1.46. The molecule has 6 heteroatoms. The van der Waals surface area contributed by atoms with E-state index in [9.17, 15) is 4.79 Å². The normalized spacial score (nSPS) is 12.1. The number of nitrogens with one attached hydrogen (secondary N) is 1. The third-order valence-electron chi connectivity index (χ3n) is 2.85. The molecule has 1 atom stereocenters. The first-order valence-electron chi connectivity index (χ1n) is 6.80. The molecule has 0 aliphatic rings. The Morgan fingerprint density at radius 1 is 1.38 bits per heavy atom. The number of amides is 1. The van der Waals surface area contributed by atoms with E-state index in [0.29, 0.717) is 24.7 Å². The standard InChI is InChI=1S/C15H23ClN2O3/c1-11(16)15(19)17-10-12-5-6-13(14(9-12)20-4)21-8-7-18(2)3/h5-6,9,11H,7-8,10H2,1-4H3,(H,17,19). The molecule has 0 saturated heterocycles. The third-order valence-corrected chi connectivity index (χ3v) is 3.05. The molecule has 118 valence electrons. The molecule has 5 nitrogen and oxygen atoms in total. The molecule has 1 rings (SSSR count). The van der Waals surface area contributed by atoms with Crippen molar-refractivity contribution >= 4 is 17.5 Å². The van der Waals surface area contributed by atoms with Crippen LogP contribution in [0.25, 0.3) is 0 Å². The summed E-state index contributed by atoms with van der Waals surface area (Å²) in [6.45, 7) is 3.46. The monoisotopic (exact) mass is 314 g/mol. The van der Waals surface area contributed by atoms with E-state index in [2.05, 4.69) is 5.32 Å². The van der Waals surface area contributed by atoms with Crippen LogP contribution in [0, 0.1) is 0 Å². The molecule has 0 radical (unpaired) electrons. The Labute approximate surface area is 131 Å². The Balaban J connectivity index is 2.63. The zero-order valence-electron chi connectivity index (χ0n) is 13.0. The van der Waals surface area contributed by atoms with Crippen LogP contribution in [0.3, 0.4) is 0 Å². The summed E-state index contributed by atoms with van der Waals surface area (Å²) in [5.41, 5.74) is 0.928. The Bertz CT molecular complexity index is 464. The lowest BCUT2D eigenvalue weighted by atomic mass is 10.2. The molecule has 21 heavy (non-hydrogen) atoms. The number of carbonyl (C=O) groups excluding carboxylic acids is 1. The summed E-state index contributed by atoms with van der Waals surface area (Å²) < 4.78 is 11.0. The van der Waals surface area contributed by atoms with Gasteiger partial charge in [0.1, 0.15) is 12.0 Å². The molecule has 0 aliphatic carbocycles. The van der Waals surface area contributed by atoms with Gasteiger partial charge < -0.3 is 19.7 Å². The number of ether oxygens (including phenoxy) is 2. The number of likely N-dealkylation sites (N-methyl/N-ethyl adjacent to an activating group) is 1. The van der Waals surface area contributed by atoms with Gasteiger partial charge in [-0.2, -0.15) is 0 Å². The minimum atomic E-state index is -0.541. The number of hydrogen-bond donors (Lipinski definition) is 1. The van der Waals surface area contributed by atoms with E-state index < -0.39 is 5.38 Å². The topological polar surface area (TPSA) is 50.8 Å². The number of methoxy groups -OCH3 is 1. The van der Waals surface area contributed by atoms with Crippen LogP contribution in [-0.2, 0) is 11.3 Å². The molecule has 0 fully saturated rings. The van der Waals surface area contributed by atoms with Gasteiger partial charge in [0.25, 0.3) is 0 Å². The van der Waals surface area contributed by atoms with Gasteiger partial charge in [-0.1, -0.05) is 6.07 Å². The summed E-state index contributed by atoms with van der Waals surface area (Å²) in [4.78, 5) is 13.5. The van der Waals surface area contributed by atoms with Crippen LogP contribution in [0.4, 0.5) is 0 Å². The number of carbonyl (C=O) groups is 1. The van der Waals surface area contributed by atoms with Crippen LogP contribution in [-0.4, -0.2) is 50.5 Å². The third kappa shape index (κ3) is 6.23. The smallest absolute Gasteiger partial charge is 0.238 e. The summed E-state index contributed by atoms with van der Waals surface area (Å²) in [7, 11) is 5.58. The lowest BCUT2D eigenvalue weighted by Gasteiger charge is -2.14. The first-order chi connectivity index (χ1) is 9.93. The average Bonchev–Trinajstić information content (AvgIpc) is 2.44. The molecule has 0 bridgehead atoms. The molecule has 1 aromatic rings. The zero-order valence-corrected chi connectivity index (χ0v) is 13.7. The fourth-order valence-corrected chi connectivity index (χ4v) is 1.69. The second-order valence-electron chi connectivity index (χ2n) is 4.97. The highest BCUT2D eigenvalue weighted by Gasteiger charge is 2.10. The van der Waals surface area contributed by atoms with E-state index in [1.807, 2.05) is 37.2 Å². The van der Waals surface area contributed by atoms with Crippen LogP contribution in [0.1, 0.15) is 12.5 Å². The molecular weight excluding hydrogens is 292 g/mol. The van der Waals surface area contributed by atoms with Crippen molar-refractivity contribution in [2.75, 3.05) is 34.4 Å². The molecule has 0 heterocycles. The predicted octanol–water partition coefficient (Wildman–Crippen LogP) is 1.88. The van der Waals surface area contributed by atoms with Crippen molar-refractivity contribution in [3.8, 4) is 11.5 Å². The summed E-state index contributed by atoms with van der Waals surface area (Å²) in [6.07, 6.45) is 0. The summed E-state index contributed by atoms with van der Waals surface area (Å²) in [5.74, 6) is 1.15. The van der Waals surface area contributed by atoms with Gasteiger partial charge in [0.2, 0.25) is 5.91 Å². The fourth-order valence-electron chi connectivity index (χ4n) is 1.61. The Morgan fingerprint density at radius 2 is 2.10 bits per heavy atom. The van der Waals surface area contributed by atoms with Crippen molar-refractivity contribution in [1.82, 2.24) is 10.2 Å². The van der Waals surface area contributed by atoms with Crippen molar-refractivity contribution in [2.24, 2.45) is 0 Å². The van der Waals surface area contributed by atoms with Gasteiger partial charge in [-0.05, 0) is 38.7 Å². The molecular formula is C15H23ClN2O3. The Morgan fingerprint density at radius 3 is 2.67 bits per heavy atom. The van der Waals surface area contributed by atoms with Gasteiger partial charge in [0.15, 0.2) is 11.5 Å². The van der Waals surface area contributed by atoms with E-state index in [0.717, 1.165) is 12.1 Å². The predicted molar refractivity (Wildman–Crippen MR) is 84.2 cm³/mol. The lowest BCUT2D eigenvalue weighted by molar-refractivity contribution is -0.120. The van der Waals surface area contributed by atoms with Gasteiger partial charge in [0, 0.05) is 13.1 Å². The van der Waals surface area contributed by atoms with Crippen molar-refractivity contribution < 1.29 is 14.3 Å². The van der Waals surface area contributed by atoms with E-state index in [-0.39, 0.29) is 5.91 Å². The van der Waals surface area contributed by atoms with Gasteiger partial charge in [-0.15, -0.1) is 11.6 Å². The van der Waals surface area contributed by atoms with Gasteiger partial charge >= 0.3 is 0 Å². The van der Waals surface area contributed by atoms with E-state index in [4.69, 9.17) is 21.1 Å². The molecule has 1 amide bonds. The number of halogens is 1. The molecule has 1 unspecified atom stereocenters. The van der Waals surface area contributed by atoms with E-state index in [1.54, 1.807) is 14.0 Å². The van der Waals surface area contributed by atoms with Crippen LogP contribution >= 0.6 is 11.6 Å². The molecule has 0 saturated carbocycles. The highest BCUT2D eigenvalue weighted by Crippen LogP contribution is 2.28. The zero-order chi connectivity index (χ0) is 15.8. The maximum Gasteiger partial charge on any atom is 0.238 e. The maximum absolute atomic E-state index is 11.4. The van der Waals surface area contributed by atoms with E-state index >= 15 is 0 Å². The van der Waals surface area contributed by atoms with Gasteiger partial charge in [-0.3, -0.25) is 4.79 Å². The molecule has 1 N–H and O–H groups in total. The minimum absolute atomic E-state index is 0.193. The van der Waals surface area contributed by atoms with E-state index in [1.165, 1.54) is 0 Å². The summed E-state index contributed by atoms with van der Waals surface area (Å²) in [5, 5.41) is 2.21. The first kappa shape index (κ1) is 17.6. The molecule has 0 spiro atoms. The number of benzene rings is 1. The van der Waals surface area contributed by atoms with Crippen molar-refractivity contribution in [1.29, 1.82) is 0 Å². The second kappa shape index (κ2) is 8.74. The molecule has 1 aromatic carbocycles. The maximum atomic E-state index is 11.4. The van der Waals surface area contributed by atoms with Crippen LogP contribution in [0.5, 0.6) is 11.5 Å². The van der Waals surface area contributed by atoms with Crippen molar-refractivity contribution in [2.45, 2.75) is 18.8 Å². The summed E-state index contributed by atoms with van der Waals surface area (Å²) in [6, 6.07) is 5.59. The molecule has 0 aromatic heterocycles. The van der Waals surface area contributed by atoms with Crippen LogP contribution in [0.2, 0.25) is 0 Å². The number of rotatable bonds is 8. The fraction of sp³-hybridized carbons (Fsp3) is 0.533. The van der Waals surface area contributed by atoms with Gasteiger partial charge in [-0.25, -0.2) is 0 Å². The van der Waals surface area contributed by atoms with Gasteiger partial charge in [0.05, 0.1) is 7.11 Å². The highest BCUT2D eigenvalue weighted by molar-refractivity contribution is 6.30. The lowest BCUT2D eigenvalue weighted by Crippen LogP contribution is -2.29. The first-order valence-corrected chi connectivity index (χ1v) is 7.24. The van der Waals surface area contributed by atoms with Crippen molar-refractivity contribution in [3.63, 3.8) is 0 Å². The van der Waals surface area contributed by atoms with Crippen LogP contribution in [0.15, 0.2) is 18.2 Å². The quantitative estimate of drug-likeness (QED) is 0.744. The number of nitrogens with zero attached hydrogens (tertiary/aromatic N) is 1. The largest absolute Gasteiger partial charge is 0.493 e. The van der Waals surface area contributed by atoms with Crippen molar-refractivity contribution in [3.05, 3.63) is 23.8 Å². The minimum Gasteiger partial charge on any atom is -0.493 e. The highest BCUT2D eigenvalue weighted by atomic mass is 35.5. The molecule has 0 aliphatic heterocycles. The number of hydrogen-bond acceptors (Lipinski definition) is 4. The number of alkyl halides is 1. The second-order valence-corrected chi connectivity index (χ2v) is 5.63.